The van der Waals surface area contributed by atoms with Gasteiger partial charge in [-0.25, -0.2) is 0 Å². The molecule has 0 spiro atoms. The van der Waals surface area contributed by atoms with E-state index in [0.29, 0.717) is 6.42 Å². The van der Waals surface area contributed by atoms with E-state index in [-0.39, 0.29) is 32.0 Å². The Hall–Kier alpha value is -1.56. The number of hydrogen-bond acceptors (Lipinski definition) is 10. The Labute approximate surface area is 271 Å². The van der Waals surface area contributed by atoms with Gasteiger partial charge in [0, 0.05) is 12.8 Å². The second-order valence-electron chi connectivity index (χ2n) is 12.3. The number of unbranched alkanes of at least 4 members (excludes halogenated alkanes) is 15. The maximum Gasteiger partial charge on any atom is 0.306 e. The summed E-state index contributed by atoms with van der Waals surface area (Å²) in [4.78, 5) is 25.0. The van der Waals surface area contributed by atoms with Crippen LogP contribution in [0, 0.1) is 0 Å². The minimum Gasteiger partial charge on any atom is -0.462 e. The van der Waals surface area contributed by atoms with Crippen molar-refractivity contribution in [1.29, 1.82) is 0 Å². The van der Waals surface area contributed by atoms with Crippen LogP contribution in [-0.4, -0.2) is 89.0 Å². The minimum absolute atomic E-state index is 0.217. The van der Waals surface area contributed by atoms with Gasteiger partial charge in [0.2, 0.25) is 0 Å². The largest absolute Gasteiger partial charge is 0.462 e. The van der Waals surface area contributed by atoms with Gasteiger partial charge in [-0.1, -0.05) is 109 Å². The maximum atomic E-state index is 12.6. The summed E-state index contributed by atoms with van der Waals surface area (Å²) in [6.07, 6.45) is 16.7. The molecule has 45 heavy (non-hydrogen) atoms. The molecule has 1 aliphatic rings. The van der Waals surface area contributed by atoms with E-state index in [9.17, 15) is 30.0 Å². The van der Waals surface area contributed by atoms with Crippen LogP contribution in [0.25, 0.3) is 0 Å². The predicted molar refractivity (Wildman–Crippen MR) is 173 cm³/mol. The van der Waals surface area contributed by atoms with Crippen LogP contribution in [-0.2, 0) is 28.5 Å². The van der Waals surface area contributed by atoms with Gasteiger partial charge in [-0.3, -0.25) is 9.59 Å². The number of allylic oxidation sites excluding steroid dienone is 2. The van der Waals surface area contributed by atoms with E-state index in [1.165, 1.54) is 51.4 Å². The fourth-order valence-electron chi connectivity index (χ4n) is 5.23. The number of esters is 2. The van der Waals surface area contributed by atoms with Crippen molar-refractivity contribution in [3.63, 3.8) is 0 Å². The van der Waals surface area contributed by atoms with Crippen molar-refractivity contribution in [1.82, 2.24) is 0 Å². The lowest BCUT2D eigenvalue weighted by molar-refractivity contribution is -0.305. The third-order valence-corrected chi connectivity index (χ3v) is 8.15. The Morgan fingerprint density at radius 1 is 0.667 bits per heavy atom. The van der Waals surface area contributed by atoms with Crippen LogP contribution in [0.3, 0.4) is 0 Å². The van der Waals surface area contributed by atoms with Crippen molar-refractivity contribution in [2.75, 3.05) is 19.8 Å². The Balaban J connectivity index is 2.45. The summed E-state index contributed by atoms with van der Waals surface area (Å²) in [6.45, 7) is 3.32. The summed E-state index contributed by atoms with van der Waals surface area (Å²) in [5.41, 5.74) is 0. The SMILES string of the molecule is CCCC/C=C\CCCCCCCC(=O)OC(COC(=O)CCCCCCCCCCC)COC1OC(CO)C(O)C(O)C1O. The van der Waals surface area contributed by atoms with Gasteiger partial charge >= 0.3 is 11.9 Å². The highest BCUT2D eigenvalue weighted by Gasteiger charge is 2.44. The standard InChI is InChI=1S/C35H64O10/c1-3-5-7-9-11-13-14-16-18-20-22-24-31(38)44-28(27-43-35-34(41)33(40)32(39)29(25-36)45-35)26-42-30(37)23-21-19-17-15-12-10-8-6-4-2/h9,11,28-29,32-36,39-41H,3-8,10,12-27H2,1-2H3/b11-9-. The van der Waals surface area contributed by atoms with Crippen molar-refractivity contribution in [3.8, 4) is 0 Å². The predicted octanol–water partition coefficient (Wildman–Crippen LogP) is 5.66. The number of carbonyl (C=O) groups excluding carboxylic acids is 2. The molecule has 1 fully saturated rings. The molecular formula is C35H64O10. The van der Waals surface area contributed by atoms with Crippen LogP contribution in [0.5, 0.6) is 0 Å². The average Bonchev–Trinajstić information content (AvgIpc) is 3.03. The second kappa shape index (κ2) is 27.5. The lowest BCUT2D eigenvalue weighted by Crippen LogP contribution is -2.59. The van der Waals surface area contributed by atoms with E-state index in [0.717, 1.165) is 57.8 Å². The molecule has 6 unspecified atom stereocenters. The summed E-state index contributed by atoms with van der Waals surface area (Å²) in [5.74, 6) is -0.821. The Morgan fingerprint density at radius 2 is 1.20 bits per heavy atom. The highest BCUT2D eigenvalue weighted by Crippen LogP contribution is 2.22. The summed E-state index contributed by atoms with van der Waals surface area (Å²) in [6, 6.07) is 0. The molecular weight excluding hydrogens is 580 g/mol. The molecule has 1 aliphatic heterocycles. The first-order valence-corrected chi connectivity index (χ1v) is 17.8. The van der Waals surface area contributed by atoms with Crippen LogP contribution in [0.1, 0.15) is 142 Å². The lowest BCUT2D eigenvalue weighted by Gasteiger charge is -2.39. The first-order valence-electron chi connectivity index (χ1n) is 17.8. The Morgan fingerprint density at radius 3 is 1.80 bits per heavy atom. The van der Waals surface area contributed by atoms with Gasteiger partial charge in [-0.05, 0) is 32.1 Å². The third-order valence-electron chi connectivity index (χ3n) is 8.15. The zero-order chi connectivity index (χ0) is 33.1. The van der Waals surface area contributed by atoms with Gasteiger partial charge in [0.15, 0.2) is 12.4 Å². The monoisotopic (exact) mass is 644 g/mol. The second-order valence-corrected chi connectivity index (χ2v) is 12.3. The molecule has 1 rings (SSSR count). The van der Waals surface area contributed by atoms with E-state index < -0.39 is 49.4 Å². The van der Waals surface area contributed by atoms with E-state index >= 15 is 0 Å². The first-order chi connectivity index (χ1) is 21.8. The van der Waals surface area contributed by atoms with Crippen molar-refractivity contribution in [2.24, 2.45) is 0 Å². The summed E-state index contributed by atoms with van der Waals surface area (Å²) < 4.78 is 21.9. The molecule has 10 heteroatoms. The molecule has 6 atom stereocenters. The van der Waals surface area contributed by atoms with Crippen molar-refractivity contribution < 1.29 is 49.0 Å². The van der Waals surface area contributed by atoms with Crippen molar-refractivity contribution in [3.05, 3.63) is 12.2 Å². The third kappa shape index (κ3) is 20.3. The number of aliphatic hydroxyl groups excluding tert-OH is 4. The molecule has 1 heterocycles. The number of carbonyl (C=O) groups is 2. The van der Waals surface area contributed by atoms with E-state index in [1.54, 1.807) is 0 Å². The molecule has 0 saturated carbocycles. The van der Waals surface area contributed by atoms with Gasteiger partial charge in [0.05, 0.1) is 13.2 Å². The molecule has 264 valence electrons. The van der Waals surface area contributed by atoms with Gasteiger partial charge < -0.3 is 39.4 Å². The number of rotatable bonds is 28. The van der Waals surface area contributed by atoms with Crippen LogP contribution in [0.15, 0.2) is 12.2 Å². The quantitative estimate of drug-likeness (QED) is 0.0477. The summed E-state index contributed by atoms with van der Waals surface area (Å²) in [7, 11) is 0. The zero-order valence-electron chi connectivity index (χ0n) is 28.1. The van der Waals surface area contributed by atoms with E-state index in [4.69, 9.17) is 18.9 Å². The van der Waals surface area contributed by atoms with Crippen LogP contribution >= 0.6 is 0 Å². The molecule has 0 amide bonds. The topological polar surface area (TPSA) is 152 Å². The number of aliphatic hydroxyl groups is 4. The molecule has 0 aromatic rings. The maximum absolute atomic E-state index is 12.6. The van der Waals surface area contributed by atoms with Gasteiger partial charge in [0.1, 0.15) is 31.0 Å². The minimum atomic E-state index is -1.59. The van der Waals surface area contributed by atoms with Gasteiger partial charge in [-0.15, -0.1) is 0 Å². The normalized spacial score (nSPS) is 22.5. The first kappa shape index (κ1) is 41.5. The molecule has 1 saturated heterocycles. The molecule has 0 bridgehead atoms. The zero-order valence-corrected chi connectivity index (χ0v) is 28.1. The van der Waals surface area contributed by atoms with E-state index in [1.807, 2.05) is 0 Å². The van der Waals surface area contributed by atoms with Crippen molar-refractivity contribution in [2.45, 2.75) is 179 Å². The highest BCUT2D eigenvalue weighted by molar-refractivity contribution is 5.70. The van der Waals surface area contributed by atoms with Gasteiger partial charge in [0.25, 0.3) is 0 Å². The molecule has 0 aromatic carbocycles. The highest BCUT2D eigenvalue weighted by atomic mass is 16.7. The summed E-state index contributed by atoms with van der Waals surface area (Å²) in [5, 5.41) is 39.7. The fourth-order valence-corrected chi connectivity index (χ4v) is 5.23. The average molecular weight is 645 g/mol. The van der Waals surface area contributed by atoms with Crippen LogP contribution < -0.4 is 0 Å². The van der Waals surface area contributed by atoms with E-state index in [2.05, 4.69) is 26.0 Å². The van der Waals surface area contributed by atoms with Crippen molar-refractivity contribution >= 4 is 11.9 Å². The van der Waals surface area contributed by atoms with Gasteiger partial charge in [-0.2, -0.15) is 0 Å². The molecule has 0 aromatic heterocycles. The Kier molecular flexibility index (Phi) is 25.4. The van der Waals surface area contributed by atoms with Crippen LogP contribution in [0.4, 0.5) is 0 Å². The molecule has 4 N–H and O–H groups in total. The number of hydrogen-bond donors (Lipinski definition) is 4. The molecule has 10 nitrogen and oxygen atoms in total. The molecule has 0 radical (unpaired) electrons. The Bertz CT molecular complexity index is 759. The lowest BCUT2D eigenvalue weighted by atomic mass is 9.99. The number of ether oxygens (including phenoxy) is 4. The molecule has 0 aliphatic carbocycles. The van der Waals surface area contributed by atoms with Crippen LogP contribution in [0.2, 0.25) is 0 Å². The smallest absolute Gasteiger partial charge is 0.306 e. The fraction of sp³-hybridized carbons (Fsp3) is 0.886. The summed E-state index contributed by atoms with van der Waals surface area (Å²) >= 11 is 0.